The summed E-state index contributed by atoms with van der Waals surface area (Å²) in [5.41, 5.74) is 2.93. The molecule has 0 saturated heterocycles. The third kappa shape index (κ3) is 2.91. The van der Waals surface area contributed by atoms with E-state index in [1.807, 2.05) is 24.3 Å². The highest BCUT2D eigenvalue weighted by Gasteiger charge is 2.28. The van der Waals surface area contributed by atoms with Crippen LogP contribution in [0.3, 0.4) is 0 Å². The summed E-state index contributed by atoms with van der Waals surface area (Å²) in [7, 11) is 0. The van der Waals surface area contributed by atoms with Crippen molar-refractivity contribution in [3.05, 3.63) is 53.1 Å². The van der Waals surface area contributed by atoms with Gasteiger partial charge in [0.05, 0.1) is 0 Å². The molecule has 0 bridgehead atoms. The molecule has 1 aliphatic carbocycles. The highest BCUT2D eigenvalue weighted by atomic mass is 35.5. The maximum Gasteiger partial charge on any atom is 0.156 e. The normalized spacial score (nSPS) is 18.4. The number of benzene rings is 1. The molecule has 94 valence electrons. The van der Waals surface area contributed by atoms with Gasteiger partial charge in [0, 0.05) is 11.4 Å². The lowest BCUT2D eigenvalue weighted by atomic mass is 9.74. The molecule has 0 aliphatic heterocycles. The van der Waals surface area contributed by atoms with Crippen LogP contribution < -0.4 is 0 Å². The first-order valence-electron chi connectivity index (χ1n) is 6.06. The number of halogens is 1. The van der Waals surface area contributed by atoms with Gasteiger partial charge in [-0.3, -0.25) is 4.79 Å². The monoisotopic (exact) mass is 260 g/mol. The minimum Gasteiger partial charge on any atom is -0.295 e. The second-order valence-corrected chi connectivity index (χ2v) is 6.08. The summed E-state index contributed by atoms with van der Waals surface area (Å²) in [4.78, 5) is 11.7. The minimum absolute atomic E-state index is 0.0165. The van der Waals surface area contributed by atoms with Gasteiger partial charge in [-0.2, -0.15) is 0 Å². The van der Waals surface area contributed by atoms with Crippen LogP contribution in [0.25, 0.3) is 5.57 Å². The summed E-state index contributed by atoms with van der Waals surface area (Å²) in [5, 5.41) is 0.690. The number of rotatable bonds is 2. The van der Waals surface area contributed by atoms with Crippen molar-refractivity contribution in [1.82, 2.24) is 0 Å². The van der Waals surface area contributed by atoms with Crippen molar-refractivity contribution in [2.45, 2.75) is 26.7 Å². The van der Waals surface area contributed by atoms with E-state index in [1.54, 1.807) is 6.08 Å². The molecule has 0 N–H and O–H groups in total. The molecule has 1 aromatic rings. The van der Waals surface area contributed by atoms with Crippen LogP contribution in [0.5, 0.6) is 0 Å². The average molecular weight is 261 g/mol. The van der Waals surface area contributed by atoms with E-state index in [0.717, 1.165) is 23.1 Å². The molecule has 0 aromatic heterocycles. The number of hydrogen-bond acceptors (Lipinski definition) is 1. The summed E-state index contributed by atoms with van der Waals surface area (Å²) in [6.45, 7) is 8.34. The Morgan fingerprint density at radius 3 is 2.67 bits per heavy atom. The molecule has 1 aromatic carbocycles. The van der Waals surface area contributed by atoms with E-state index < -0.39 is 0 Å². The molecular formula is C16H17ClO. The van der Waals surface area contributed by atoms with Crippen LogP contribution in [0.4, 0.5) is 0 Å². The molecule has 0 unspecified atom stereocenters. The topological polar surface area (TPSA) is 17.1 Å². The number of carbonyl (C=O) groups excluding carboxylic acids is 1. The highest BCUT2D eigenvalue weighted by Crippen LogP contribution is 2.39. The van der Waals surface area contributed by atoms with Gasteiger partial charge >= 0.3 is 0 Å². The highest BCUT2D eigenvalue weighted by molar-refractivity contribution is 6.30. The van der Waals surface area contributed by atoms with Gasteiger partial charge in [-0.25, -0.2) is 0 Å². The number of hydrogen-bond donors (Lipinski definition) is 0. The molecule has 0 radical (unpaired) electrons. The van der Waals surface area contributed by atoms with Gasteiger partial charge in [-0.1, -0.05) is 44.2 Å². The Balaban J connectivity index is 2.32. The summed E-state index contributed by atoms with van der Waals surface area (Å²) in [6.07, 6.45) is 3.22. The van der Waals surface area contributed by atoms with Crippen LogP contribution in [0.2, 0.25) is 5.02 Å². The smallest absolute Gasteiger partial charge is 0.156 e. The quantitative estimate of drug-likeness (QED) is 0.755. The Kier molecular flexibility index (Phi) is 3.45. The molecule has 0 atom stereocenters. The molecule has 0 heterocycles. The third-order valence-corrected chi connectivity index (χ3v) is 3.45. The lowest BCUT2D eigenvalue weighted by Crippen LogP contribution is -2.22. The van der Waals surface area contributed by atoms with E-state index in [4.69, 9.17) is 11.6 Å². The van der Waals surface area contributed by atoms with Crippen molar-refractivity contribution in [3.8, 4) is 0 Å². The Morgan fingerprint density at radius 1 is 1.33 bits per heavy atom. The molecule has 0 amide bonds. The van der Waals surface area contributed by atoms with Crippen LogP contribution in [-0.4, -0.2) is 5.78 Å². The Hall–Kier alpha value is -1.34. The third-order valence-electron chi connectivity index (χ3n) is 3.22. The van der Waals surface area contributed by atoms with Gasteiger partial charge in [0.15, 0.2) is 5.78 Å². The lowest BCUT2D eigenvalue weighted by molar-refractivity contribution is -0.116. The maximum atomic E-state index is 11.7. The molecule has 1 nitrogen and oxygen atoms in total. The first-order chi connectivity index (χ1) is 8.37. The zero-order valence-electron chi connectivity index (χ0n) is 10.8. The van der Waals surface area contributed by atoms with Gasteiger partial charge in [0.25, 0.3) is 0 Å². The van der Waals surface area contributed by atoms with E-state index >= 15 is 0 Å². The lowest BCUT2D eigenvalue weighted by Gasteiger charge is -2.29. The van der Waals surface area contributed by atoms with E-state index in [2.05, 4.69) is 20.4 Å². The standard InChI is InChI=1S/C16H17ClO/c1-11(12-5-4-6-14(17)7-12)13-8-15(18)10-16(2,3)9-13/h4-8H,1,9-10H2,2-3H3. The van der Waals surface area contributed by atoms with E-state index in [1.165, 1.54) is 0 Å². The van der Waals surface area contributed by atoms with Crippen LogP contribution in [0.1, 0.15) is 32.3 Å². The van der Waals surface area contributed by atoms with Crippen LogP contribution in [0.15, 0.2) is 42.5 Å². The minimum atomic E-state index is 0.0165. The van der Waals surface area contributed by atoms with Gasteiger partial charge in [0.2, 0.25) is 0 Å². The Labute approximate surface area is 113 Å². The van der Waals surface area contributed by atoms with Crippen molar-refractivity contribution in [2.75, 3.05) is 0 Å². The molecule has 18 heavy (non-hydrogen) atoms. The fourth-order valence-corrected chi connectivity index (χ4v) is 2.59. The van der Waals surface area contributed by atoms with E-state index in [-0.39, 0.29) is 11.2 Å². The maximum absolute atomic E-state index is 11.7. The van der Waals surface area contributed by atoms with Crippen molar-refractivity contribution in [2.24, 2.45) is 5.41 Å². The second-order valence-electron chi connectivity index (χ2n) is 5.64. The van der Waals surface area contributed by atoms with Gasteiger partial charge < -0.3 is 0 Å². The first-order valence-corrected chi connectivity index (χ1v) is 6.44. The van der Waals surface area contributed by atoms with Crippen molar-refractivity contribution in [1.29, 1.82) is 0 Å². The van der Waals surface area contributed by atoms with Crippen molar-refractivity contribution in [3.63, 3.8) is 0 Å². The number of ketones is 1. The summed E-state index contributed by atoms with van der Waals surface area (Å²) in [6, 6.07) is 7.60. The van der Waals surface area contributed by atoms with Crippen molar-refractivity contribution < 1.29 is 4.79 Å². The average Bonchev–Trinajstić information content (AvgIpc) is 2.25. The zero-order valence-corrected chi connectivity index (χ0v) is 11.6. The van der Waals surface area contributed by atoms with Gasteiger partial charge in [-0.15, -0.1) is 0 Å². The van der Waals surface area contributed by atoms with Gasteiger partial charge in [-0.05, 0) is 46.8 Å². The first kappa shape index (κ1) is 13.1. The fraction of sp³-hybridized carbons (Fsp3) is 0.312. The molecule has 1 aliphatic rings. The molecule has 0 spiro atoms. The summed E-state index contributed by atoms with van der Waals surface area (Å²) in [5.74, 6) is 0.185. The van der Waals surface area contributed by atoms with Crippen molar-refractivity contribution >= 4 is 23.0 Å². The zero-order chi connectivity index (χ0) is 13.3. The molecule has 0 saturated carbocycles. The van der Waals surface area contributed by atoms with Crippen LogP contribution >= 0.6 is 11.6 Å². The largest absolute Gasteiger partial charge is 0.295 e. The van der Waals surface area contributed by atoms with Crippen LogP contribution in [0, 0.1) is 5.41 Å². The van der Waals surface area contributed by atoms with E-state index in [9.17, 15) is 4.79 Å². The Morgan fingerprint density at radius 2 is 2.06 bits per heavy atom. The SMILES string of the molecule is C=C(C1=CC(=O)CC(C)(C)C1)c1cccc(Cl)c1. The molecule has 0 fully saturated rings. The number of carbonyl (C=O) groups is 1. The van der Waals surface area contributed by atoms with E-state index in [0.29, 0.717) is 11.4 Å². The summed E-state index contributed by atoms with van der Waals surface area (Å²) < 4.78 is 0. The summed E-state index contributed by atoms with van der Waals surface area (Å²) >= 11 is 5.99. The predicted molar refractivity (Wildman–Crippen MR) is 76.6 cm³/mol. The fourth-order valence-electron chi connectivity index (χ4n) is 2.40. The van der Waals surface area contributed by atoms with Gasteiger partial charge in [0.1, 0.15) is 0 Å². The number of allylic oxidation sites excluding steroid dienone is 3. The van der Waals surface area contributed by atoms with Crippen LogP contribution in [-0.2, 0) is 4.79 Å². The Bertz CT molecular complexity index is 538. The second kappa shape index (κ2) is 4.74. The molecule has 2 heteroatoms. The predicted octanol–water partition coefficient (Wildman–Crippen LogP) is 4.67. The molecular weight excluding hydrogens is 244 g/mol. The molecule has 2 rings (SSSR count).